The predicted molar refractivity (Wildman–Crippen MR) is 28.0 cm³/mol. The summed E-state index contributed by atoms with van der Waals surface area (Å²) in [6.45, 7) is 0.299. The molecule has 0 aromatic carbocycles. The Hall–Kier alpha value is 0.440. The van der Waals surface area contributed by atoms with Gasteiger partial charge >= 0.3 is 0 Å². The molecule has 1 rings (SSSR count). The second-order valence-corrected chi connectivity index (χ2v) is 3.49. The summed E-state index contributed by atoms with van der Waals surface area (Å²) >= 11 is 3.34. The van der Waals surface area contributed by atoms with E-state index in [0.29, 0.717) is 6.61 Å². The summed E-state index contributed by atoms with van der Waals surface area (Å²) in [5.41, 5.74) is 0. The molecule has 0 spiro atoms. The fourth-order valence-corrected chi connectivity index (χ4v) is 0.492. The van der Waals surface area contributed by atoms with Gasteiger partial charge in [-0.25, -0.2) is 0 Å². The lowest BCUT2D eigenvalue weighted by atomic mass is 10.5. The lowest BCUT2D eigenvalue weighted by Gasteiger charge is -1.93. The zero-order valence-corrected chi connectivity index (χ0v) is 5.03. The Balaban J connectivity index is 2.28. The number of aliphatic hydroxyl groups is 1. The van der Waals surface area contributed by atoms with Crippen LogP contribution >= 0.6 is 15.9 Å². The first-order chi connectivity index (χ1) is 2.77. The molecule has 1 aliphatic rings. The van der Waals surface area contributed by atoms with Gasteiger partial charge in [-0.3, -0.25) is 0 Å². The van der Waals surface area contributed by atoms with E-state index in [1.165, 1.54) is 0 Å². The zero-order chi connectivity index (χ0) is 4.62. The molecule has 1 nitrogen and oxygen atoms in total. The summed E-state index contributed by atoms with van der Waals surface area (Å²) in [7, 11) is 0. The highest BCUT2D eigenvalue weighted by Gasteiger charge is 2.38. The molecule has 0 atom stereocenters. The number of rotatable bonds is 1. The van der Waals surface area contributed by atoms with Gasteiger partial charge in [-0.15, -0.1) is 0 Å². The molecule has 0 bridgehead atoms. The first-order valence-electron chi connectivity index (χ1n) is 2.07. The normalized spacial score (nSPS) is 27.0. The monoisotopic (exact) mass is 150 g/mol. The Morgan fingerprint density at radius 3 is 2.17 bits per heavy atom. The van der Waals surface area contributed by atoms with Crippen molar-refractivity contribution in [3.63, 3.8) is 0 Å². The maximum Gasteiger partial charge on any atom is 0.0584 e. The zero-order valence-electron chi connectivity index (χ0n) is 3.45. The summed E-state index contributed by atoms with van der Waals surface area (Å²) in [5, 5.41) is 8.42. The molecule has 6 heavy (non-hydrogen) atoms. The SMILES string of the molecule is OCC1(Br)CC1. The lowest BCUT2D eigenvalue weighted by Crippen LogP contribution is -2.01. The molecule has 0 heterocycles. The minimum atomic E-state index is 0.160. The first-order valence-corrected chi connectivity index (χ1v) is 2.86. The van der Waals surface area contributed by atoms with E-state index in [1.807, 2.05) is 0 Å². The molecule has 1 aliphatic carbocycles. The van der Waals surface area contributed by atoms with E-state index in [1.54, 1.807) is 0 Å². The van der Waals surface area contributed by atoms with Crippen LogP contribution in [0.5, 0.6) is 0 Å². The molecule has 0 unspecified atom stereocenters. The summed E-state index contributed by atoms with van der Waals surface area (Å²) in [5.74, 6) is 0. The van der Waals surface area contributed by atoms with Crippen molar-refractivity contribution in [2.75, 3.05) is 6.61 Å². The largest absolute Gasteiger partial charge is 0.395 e. The fraction of sp³-hybridized carbons (Fsp3) is 1.00. The molecule has 0 saturated heterocycles. The second kappa shape index (κ2) is 1.20. The highest BCUT2D eigenvalue weighted by molar-refractivity contribution is 9.10. The van der Waals surface area contributed by atoms with Crippen molar-refractivity contribution in [1.29, 1.82) is 0 Å². The minimum absolute atomic E-state index is 0.160. The summed E-state index contributed by atoms with van der Waals surface area (Å²) in [6.07, 6.45) is 2.28. The molecule has 1 N–H and O–H groups in total. The van der Waals surface area contributed by atoms with Gasteiger partial charge in [-0.05, 0) is 12.8 Å². The van der Waals surface area contributed by atoms with E-state index in [2.05, 4.69) is 15.9 Å². The number of hydrogen-bond acceptors (Lipinski definition) is 1. The number of halogens is 1. The van der Waals surface area contributed by atoms with Crippen molar-refractivity contribution in [2.45, 2.75) is 17.2 Å². The Labute approximate surface area is 45.5 Å². The van der Waals surface area contributed by atoms with Crippen LogP contribution in [-0.2, 0) is 0 Å². The van der Waals surface area contributed by atoms with Crippen LogP contribution in [0, 0.1) is 0 Å². The van der Waals surface area contributed by atoms with Crippen molar-refractivity contribution in [1.82, 2.24) is 0 Å². The van der Waals surface area contributed by atoms with Crippen LogP contribution in [0.1, 0.15) is 12.8 Å². The van der Waals surface area contributed by atoms with Crippen LogP contribution in [-0.4, -0.2) is 16.0 Å². The standard InChI is InChI=1S/C4H7BrO/c5-4(3-6)1-2-4/h6H,1-3H2. The third-order valence-electron chi connectivity index (χ3n) is 1.08. The molecule has 0 aromatic rings. The Kier molecular flexibility index (Phi) is 0.922. The summed E-state index contributed by atoms with van der Waals surface area (Å²) in [6, 6.07) is 0. The van der Waals surface area contributed by atoms with Crippen molar-refractivity contribution in [3.05, 3.63) is 0 Å². The van der Waals surface area contributed by atoms with E-state index < -0.39 is 0 Å². The van der Waals surface area contributed by atoms with Crippen LogP contribution in [0.25, 0.3) is 0 Å². The fourth-order valence-electron chi connectivity index (χ4n) is 0.294. The van der Waals surface area contributed by atoms with E-state index in [9.17, 15) is 0 Å². The Morgan fingerprint density at radius 1 is 1.67 bits per heavy atom. The van der Waals surface area contributed by atoms with Crippen molar-refractivity contribution < 1.29 is 5.11 Å². The molecule has 0 amide bonds. The average Bonchev–Trinajstić information content (AvgIpc) is 2.22. The van der Waals surface area contributed by atoms with Gasteiger partial charge in [0.25, 0.3) is 0 Å². The Bertz CT molecular complexity index is 58.6. The van der Waals surface area contributed by atoms with Gasteiger partial charge in [0.1, 0.15) is 0 Å². The van der Waals surface area contributed by atoms with Gasteiger partial charge in [0, 0.05) is 4.32 Å². The predicted octanol–water partition coefficient (Wildman–Crippen LogP) is 0.906. The number of aliphatic hydroxyl groups excluding tert-OH is 1. The maximum absolute atomic E-state index is 8.42. The summed E-state index contributed by atoms with van der Waals surface area (Å²) in [4.78, 5) is 0. The highest BCUT2D eigenvalue weighted by Crippen LogP contribution is 2.43. The third-order valence-corrected chi connectivity index (χ3v) is 2.12. The van der Waals surface area contributed by atoms with Gasteiger partial charge in [0.2, 0.25) is 0 Å². The van der Waals surface area contributed by atoms with Crippen LogP contribution in [0.15, 0.2) is 0 Å². The molecule has 1 fully saturated rings. The van der Waals surface area contributed by atoms with E-state index in [-0.39, 0.29) is 4.32 Å². The van der Waals surface area contributed by atoms with Crippen LogP contribution in [0.4, 0.5) is 0 Å². The van der Waals surface area contributed by atoms with Crippen LogP contribution in [0.2, 0.25) is 0 Å². The quantitative estimate of drug-likeness (QED) is 0.552. The van der Waals surface area contributed by atoms with E-state index in [0.717, 1.165) is 12.8 Å². The molecule has 36 valence electrons. The number of alkyl halides is 1. The molecular weight excluding hydrogens is 144 g/mol. The lowest BCUT2D eigenvalue weighted by molar-refractivity contribution is 0.291. The van der Waals surface area contributed by atoms with Crippen molar-refractivity contribution in [3.8, 4) is 0 Å². The third kappa shape index (κ3) is 0.738. The van der Waals surface area contributed by atoms with Crippen molar-refractivity contribution in [2.24, 2.45) is 0 Å². The van der Waals surface area contributed by atoms with E-state index in [4.69, 9.17) is 5.11 Å². The maximum atomic E-state index is 8.42. The van der Waals surface area contributed by atoms with E-state index >= 15 is 0 Å². The average molecular weight is 151 g/mol. The highest BCUT2D eigenvalue weighted by atomic mass is 79.9. The van der Waals surface area contributed by atoms with Gasteiger partial charge in [-0.1, -0.05) is 15.9 Å². The number of hydrogen-bond donors (Lipinski definition) is 1. The van der Waals surface area contributed by atoms with Gasteiger partial charge in [-0.2, -0.15) is 0 Å². The topological polar surface area (TPSA) is 20.2 Å². The van der Waals surface area contributed by atoms with Gasteiger partial charge in [0.15, 0.2) is 0 Å². The molecule has 0 aromatic heterocycles. The van der Waals surface area contributed by atoms with Gasteiger partial charge < -0.3 is 5.11 Å². The molecule has 0 radical (unpaired) electrons. The van der Waals surface area contributed by atoms with Crippen LogP contribution < -0.4 is 0 Å². The van der Waals surface area contributed by atoms with Gasteiger partial charge in [0.05, 0.1) is 6.61 Å². The van der Waals surface area contributed by atoms with Crippen molar-refractivity contribution >= 4 is 15.9 Å². The molecule has 0 aliphatic heterocycles. The smallest absolute Gasteiger partial charge is 0.0584 e. The molecular formula is C4H7BrO. The minimum Gasteiger partial charge on any atom is -0.395 e. The molecule has 1 saturated carbocycles. The van der Waals surface area contributed by atoms with Crippen LogP contribution in [0.3, 0.4) is 0 Å². The Morgan fingerprint density at radius 2 is 2.17 bits per heavy atom. The second-order valence-electron chi connectivity index (χ2n) is 1.81. The first kappa shape index (κ1) is 4.60. The summed E-state index contributed by atoms with van der Waals surface area (Å²) < 4.78 is 0.160. The molecule has 2 heteroatoms.